The molecule has 20 heteroatoms. The smallest absolute Gasteiger partial charge is 0.311 e. The lowest BCUT2D eigenvalue weighted by Gasteiger charge is -2.49. The number of aliphatic hydroxyl groups excluding tert-OH is 3. The monoisotopic (exact) mass is 1090 g/mol. The number of hydrogen-bond acceptors (Lipinski definition) is 18. The molecular weight excluding hydrogens is 1010 g/mol. The first-order chi connectivity index (χ1) is 34.3. The summed E-state index contributed by atoms with van der Waals surface area (Å²) in [4.78, 5) is 24.3. The predicted molar refractivity (Wildman–Crippen MR) is 276 cm³/mol. The van der Waals surface area contributed by atoms with Crippen molar-refractivity contribution in [1.29, 1.82) is 0 Å². The predicted octanol–water partition coefficient (Wildman–Crippen LogP) is 4.84. The molecule has 4 aliphatic rings. The van der Waals surface area contributed by atoms with Crippen LogP contribution in [0.15, 0.2) is 40.1 Å². The Hall–Kier alpha value is -2.70. The van der Waals surface area contributed by atoms with Gasteiger partial charge in [0.15, 0.2) is 18.7 Å². The van der Waals surface area contributed by atoms with Crippen molar-refractivity contribution in [3.05, 3.63) is 46.2 Å². The van der Waals surface area contributed by atoms with E-state index < -0.39 is 96.0 Å². The highest BCUT2D eigenvalue weighted by atomic mass is 79.9. The number of hydrogen-bond donors (Lipinski definition) is 5. The summed E-state index contributed by atoms with van der Waals surface area (Å²) >= 11 is 3.48. The van der Waals surface area contributed by atoms with Crippen molar-refractivity contribution in [1.82, 2.24) is 24.8 Å². The van der Waals surface area contributed by atoms with E-state index in [1.54, 1.807) is 41.5 Å². The minimum Gasteiger partial charge on any atom is -0.459 e. The fourth-order valence-corrected chi connectivity index (χ4v) is 11.8. The van der Waals surface area contributed by atoms with Crippen LogP contribution in [0, 0.1) is 17.8 Å². The second-order valence-corrected chi connectivity index (χ2v) is 23.5. The summed E-state index contributed by atoms with van der Waals surface area (Å²) < 4.78 is 41.2. The largest absolute Gasteiger partial charge is 0.459 e. The van der Waals surface area contributed by atoms with Crippen LogP contribution < -0.4 is 0 Å². The van der Waals surface area contributed by atoms with Gasteiger partial charge >= 0.3 is 5.97 Å². The molecule has 1 aromatic heterocycles. The topological polar surface area (TPSA) is 232 Å². The van der Waals surface area contributed by atoms with E-state index >= 15 is 0 Å². The second-order valence-electron chi connectivity index (χ2n) is 22.5. The van der Waals surface area contributed by atoms with Gasteiger partial charge in [0.25, 0.3) is 0 Å². The van der Waals surface area contributed by atoms with Gasteiger partial charge < -0.3 is 68.6 Å². The van der Waals surface area contributed by atoms with Crippen LogP contribution in [0.3, 0.4) is 0 Å². The molecule has 6 rings (SSSR count). The average molecular weight is 1100 g/mol. The molecule has 0 unspecified atom stereocenters. The third kappa shape index (κ3) is 14.5. The van der Waals surface area contributed by atoms with Crippen LogP contribution in [-0.2, 0) is 51.0 Å². The van der Waals surface area contributed by atoms with Crippen molar-refractivity contribution >= 4 is 27.6 Å². The number of nitrogens with zero attached hydrogens (tertiary/aromatic N) is 6. The molecule has 0 spiro atoms. The third-order valence-electron chi connectivity index (χ3n) is 16.2. The zero-order valence-electron chi connectivity index (χ0n) is 45.5. The number of benzene rings is 1. The Morgan fingerprint density at radius 1 is 0.959 bits per heavy atom. The van der Waals surface area contributed by atoms with Gasteiger partial charge in [0.1, 0.15) is 30.0 Å². The van der Waals surface area contributed by atoms with Gasteiger partial charge in [0.05, 0.1) is 59.5 Å². The summed E-state index contributed by atoms with van der Waals surface area (Å²) in [5.41, 5.74) is -1.68. The van der Waals surface area contributed by atoms with Crippen LogP contribution in [0.25, 0.3) is 0 Å². The van der Waals surface area contributed by atoms with Crippen molar-refractivity contribution < 1.29 is 63.6 Å². The molecule has 3 saturated heterocycles. The van der Waals surface area contributed by atoms with Gasteiger partial charge in [0, 0.05) is 55.2 Å². The summed E-state index contributed by atoms with van der Waals surface area (Å²) in [7, 11) is 5.34. The maximum absolute atomic E-state index is 14.5. The number of aryl methyl sites for hydroxylation is 1. The Morgan fingerprint density at radius 2 is 1.66 bits per heavy atom. The molecule has 19 nitrogen and oxygen atoms in total. The molecular formula is C53H87BrN6O13. The number of carbonyl (C=O) groups excluding carboxylic acids is 1. The van der Waals surface area contributed by atoms with E-state index in [0.29, 0.717) is 32.5 Å². The lowest BCUT2D eigenvalue weighted by atomic mass is 9.77. The first kappa shape index (κ1) is 59.5. The number of cyclic esters (lactones) is 1. The molecule has 19 atom stereocenters. The van der Waals surface area contributed by atoms with Gasteiger partial charge in [-0.3, -0.25) is 4.79 Å². The Bertz CT molecular complexity index is 2100. The Morgan fingerprint density at radius 3 is 2.33 bits per heavy atom. The molecule has 0 aliphatic carbocycles. The van der Waals surface area contributed by atoms with Crippen LogP contribution in [0.5, 0.6) is 0 Å². The molecule has 4 aliphatic heterocycles. The van der Waals surface area contributed by atoms with Crippen molar-refractivity contribution in [3.63, 3.8) is 0 Å². The van der Waals surface area contributed by atoms with Gasteiger partial charge in [-0.25, -0.2) is 4.68 Å². The first-order valence-electron chi connectivity index (χ1n) is 26.4. The highest BCUT2D eigenvalue weighted by Crippen LogP contribution is 2.40. The molecule has 1 aromatic carbocycles. The quantitative estimate of drug-likeness (QED) is 0.119. The van der Waals surface area contributed by atoms with Crippen molar-refractivity contribution in [2.75, 3.05) is 34.3 Å². The summed E-state index contributed by atoms with van der Waals surface area (Å²) in [5, 5.41) is 72.8. The van der Waals surface area contributed by atoms with Crippen molar-refractivity contribution in [2.45, 2.75) is 224 Å². The summed E-state index contributed by atoms with van der Waals surface area (Å²) in [6.45, 7) is 19.3. The molecule has 5 N–H and O–H groups in total. The number of aromatic nitrogens is 3. The van der Waals surface area contributed by atoms with Gasteiger partial charge in [-0.2, -0.15) is 0 Å². The first-order valence-corrected chi connectivity index (χ1v) is 27.2. The molecule has 73 heavy (non-hydrogen) atoms. The van der Waals surface area contributed by atoms with Crippen molar-refractivity contribution in [3.8, 4) is 0 Å². The van der Waals surface area contributed by atoms with Crippen LogP contribution in [-0.4, -0.2) is 193 Å². The molecule has 0 amide bonds. The Balaban J connectivity index is 1.18. The fourth-order valence-electron chi connectivity index (χ4n) is 11.6. The fraction of sp³-hybridized carbons (Fsp3) is 0.811. The summed E-state index contributed by atoms with van der Waals surface area (Å²) in [6.07, 6.45) is -3.90. The Kier molecular flexibility index (Phi) is 20.5. The van der Waals surface area contributed by atoms with E-state index in [1.807, 2.05) is 74.9 Å². The standard InChI is InChI=1S/C53H87BrN6O13/c1-14-42-53(10,66)46(62)34(6)59(12)27-30(2)25-51(8,65)48(32(4)45(33(5)49(64)70-42)71-43-26-52(9,67-13)47(63)35(7)69-43)72-50-44(61)41(23-31(3)68-50)58(11)22-16-15-17-38-28-60(57-55-38)29-39-24-40(56-73-39)36-18-20-37(54)21-19-36/h18-21,28,30-35,39,41-48,50,61-63,65-66H,14-17,22-27,29H2,1-13H3/t30-,31-,32+,33-,34-,35+,39-,41+,42-,43+,44-,45+,46-,47+,48-,50+,51-,52-,53-/m1/s1. The van der Waals surface area contributed by atoms with Gasteiger partial charge in [-0.1, -0.05) is 59.2 Å². The van der Waals surface area contributed by atoms with Crippen molar-refractivity contribution in [2.24, 2.45) is 22.9 Å². The zero-order valence-corrected chi connectivity index (χ0v) is 47.1. The maximum Gasteiger partial charge on any atom is 0.311 e. The average Bonchev–Trinajstić information content (AvgIpc) is 4.01. The van der Waals surface area contributed by atoms with Crippen LogP contribution in [0.4, 0.5) is 0 Å². The number of carbonyl (C=O) groups is 1. The molecule has 3 fully saturated rings. The maximum atomic E-state index is 14.5. The number of methoxy groups -OCH3 is 1. The highest BCUT2D eigenvalue weighted by molar-refractivity contribution is 9.10. The summed E-state index contributed by atoms with van der Waals surface area (Å²) in [6, 6.07) is 7.09. The minimum atomic E-state index is -1.83. The molecule has 0 radical (unpaired) electrons. The summed E-state index contributed by atoms with van der Waals surface area (Å²) in [5.74, 6) is -2.73. The van der Waals surface area contributed by atoms with E-state index in [4.69, 9.17) is 33.3 Å². The normalized spacial score (nSPS) is 40.7. The zero-order chi connectivity index (χ0) is 53.7. The highest BCUT2D eigenvalue weighted by Gasteiger charge is 2.53. The molecule has 414 valence electrons. The van der Waals surface area contributed by atoms with Crippen LogP contribution >= 0.6 is 15.9 Å². The van der Waals surface area contributed by atoms with E-state index in [1.165, 1.54) is 14.0 Å². The number of ether oxygens (including phenoxy) is 6. The number of halogens is 1. The molecule has 2 aromatic rings. The lowest BCUT2D eigenvalue weighted by molar-refractivity contribution is -0.318. The molecule has 0 bridgehead atoms. The van der Waals surface area contributed by atoms with E-state index in [9.17, 15) is 30.3 Å². The minimum absolute atomic E-state index is 0.110. The van der Waals surface area contributed by atoms with E-state index in [0.717, 1.165) is 40.7 Å². The molecule has 0 saturated carbocycles. The van der Waals surface area contributed by atoms with E-state index in [2.05, 4.69) is 36.3 Å². The molecule has 5 heterocycles. The van der Waals surface area contributed by atoms with Gasteiger partial charge in [-0.15, -0.1) is 5.10 Å². The van der Waals surface area contributed by atoms with E-state index in [-0.39, 0.29) is 43.4 Å². The number of aliphatic hydroxyl groups is 5. The second kappa shape index (κ2) is 25.2. The van der Waals surface area contributed by atoms with Gasteiger partial charge in [0.2, 0.25) is 0 Å². The number of likely N-dealkylation sites (N-methyl/N-ethyl adjacent to an activating group) is 2. The number of rotatable bonds is 15. The Labute approximate surface area is 441 Å². The van der Waals surface area contributed by atoms with Gasteiger partial charge in [-0.05, 0) is 131 Å². The third-order valence-corrected chi connectivity index (χ3v) is 16.7. The van der Waals surface area contributed by atoms with Crippen LogP contribution in [0.1, 0.15) is 125 Å². The number of unbranched alkanes of at least 4 members (excludes halogenated alkanes) is 1. The lowest BCUT2D eigenvalue weighted by Crippen LogP contribution is -2.60. The SMILES string of the molecule is CC[C@H]1OC(=O)[C@H](C)[C@@H](O[C@H]2C[C@@](C)(OC)[C@@H](O)[C@H](C)O2)[C@H](C)[C@@H](O[C@@H]2O[C@H](C)C[C@H](N(C)CCCCc3cn(C[C@H]4CC(c5ccc(Br)cc5)=NO4)nn3)[C@H]2O)[C@](C)(O)C[C@@H](C)CN(C)[C@H](C)[C@@H](O)[C@]1(C)O. The number of esters is 1. The van der Waals surface area contributed by atoms with Crippen LogP contribution in [0.2, 0.25) is 0 Å². The number of oxime groups is 1.